The lowest BCUT2D eigenvalue weighted by Crippen LogP contribution is -2.64. The molecule has 18 heavy (non-hydrogen) atoms. The van der Waals surface area contributed by atoms with Crippen LogP contribution in [0.1, 0.15) is 43.4 Å². The van der Waals surface area contributed by atoms with E-state index in [0.29, 0.717) is 0 Å². The highest BCUT2D eigenvalue weighted by atomic mass is 32.1. The SMILES string of the molecule is OC12C[C@H]3C[C@@H](C1)CC(NCc1cccs1)(C3)C2. The Morgan fingerprint density at radius 3 is 2.67 bits per heavy atom. The van der Waals surface area contributed by atoms with Gasteiger partial charge in [-0.2, -0.15) is 0 Å². The molecule has 4 aliphatic rings. The molecule has 3 heteroatoms. The van der Waals surface area contributed by atoms with Crippen molar-refractivity contribution in [2.45, 2.75) is 56.2 Å². The maximum Gasteiger partial charge on any atom is 0.0670 e. The molecule has 4 atom stereocenters. The Labute approximate surface area is 112 Å². The Hall–Kier alpha value is -0.380. The van der Waals surface area contributed by atoms with Crippen molar-refractivity contribution in [2.75, 3.05) is 0 Å². The summed E-state index contributed by atoms with van der Waals surface area (Å²) >= 11 is 1.83. The highest BCUT2D eigenvalue weighted by Crippen LogP contribution is 2.57. The number of thiophene rings is 1. The summed E-state index contributed by atoms with van der Waals surface area (Å²) in [4.78, 5) is 1.41. The molecular weight excluding hydrogens is 242 g/mol. The van der Waals surface area contributed by atoms with Crippen molar-refractivity contribution in [3.8, 4) is 0 Å². The zero-order chi connectivity index (χ0) is 12.2. The Morgan fingerprint density at radius 1 is 1.28 bits per heavy atom. The third-order valence-corrected chi connectivity index (χ3v) is 6.12. The van der Waals surface area contributed by atoms with Crippen molar-refractivity contribution < 1.29 is 5.11 Å². The second kappa shape index (κ2) is 3.81. The number of aliphatic hydroxyl groups is 1. The Kier molecular flexibility index (Phi) is 2.42. The molecule has 4 aliphatic carbocycles. The zero-order valence-electron chi connectivity index (χ0n) is 10.7. The Bertz CT molecular complexity index is 427. The second-order valence-electron chi connectivity index (χ2n) is 6.90. The smallest absolute Gasteiger partial charge is 0.0670 e. The molecule has 2 N–H and O–H groups in total. The fourth-order valence-electron chi connectivity index (χ4n) is 5.11. The molecule has 1 heterocycles. The van der Waals surface area contributed by atoms with Gasteiger partial charge in [0.2, 0.25) is 0 Å². The van der Waals surface area contributed by atoms with Crippen LogP contribution in [0.15, 0.2) is 17.5 Å². The van der Waals surface area contributed by atoms with Gasteiger partial charge in [0.05, 0.1) is 5.60 Å². The molecule has 0 aromatic carbocycles. The average Bonchev–Trinajstić information content (AvgIpc) is 2.75. The monoisotopic (exact) mass is 263 g/mol. The molecule has 0 saturated heterocycles. The van der Waals surface area contributed by atoms with Crippen LogP contribution in [-0.2, 0) is 6.54 Å². The van der Waals surface area contributed by atoms with E-state index in [9.17, 15) is 5.11 Å². The molecule has 0 aliphatic heterocycles. The van der Waals surface area contributed by atoms with E-state index in [2.05, 4.69) is 22.8 Å². The molecule has 1 aromatic rings. The predicted octanol–water partition coefficient (Wildman–Crippen LogP) is 2.92. The van der Waals surface area contributed by atoms with Gasteiger partial charge in [-0.05, 0) is 61.8 Å². The van der Waals surface area contributed by atoms with Gasteiger partial charge in [0, 0.05) is 17.0 Å². The van der Waals surface area contributed by atoms with Gasteiger partial charge < -0.3 is 10.4 Å². The fourth-order valence-corrected chi connectivity index (χ4v) is 5.75. The number of rotatable bonds is 3. The van der Waals surface area contributed by atoms with Gasteiger partial charge in [0.1, 0.15) is 0 Å². The Balaban J connectivity index is 1.53. The molecule has 0 spiro atoms. The van der Waals surface area contributed by atoms with Gasteiger partial charge in [0.15, 0.2) is 0 Å². The maximum absolute atomic E-state index is 10.7. The Morgan fingerprint density at radius 2 is 2.06 bits per heavy atom. The largest absolute Gasteiger partial charge is 0.390 e. The van der Waals surface area contributed by atoms with Gasteiger partial charge in [-0.1, -0.05) is 6.07 Å². The van der Waals surface area contributed by atoms with E-state index in [-0.39, 0.29) is 11.1 Å². The summed E-state index contributed by atoms with van der Waals surface area (Å²) < 4.78 is 0. The summed E-state index contributed by atoms with van der Waals surface area (Å²) in [6, 6.07) is 4.32. The minimum atomic E-state index is -0.341. The fraction of sp³-hybridized carbons (Fsp3) is 0.733. The first-order chi connectivity index (χ1) is 8.65. The van der Waals surface area contributed by atoms with Crippen LogP contribution >= 0.6 is 11.3 Å². The van der Waals surface area contributed by atoms with Crippen molar-refractivity contribution in [1.82, 2.24) is 5.32 Å². The second-order valence-corrected chi connectivity index (χ2v) is 7.93. The van der Waals surface area contributed by atoms with Crippen LogP contribution in [0.5, 0.6) is 0 Å². The minimum Gasteiger partial charge on any atom is -0.390 e. The molecule has 4 saturated carbocycles. The van der Waals surface area contributed by atoms with Gasteiger partial charge >= 0.3 is 0 Å². The van der Waals surface area contributed by atoms with Crippen LogP contribution in [0, 0.1) is 11.8 Å². The van der Waals surface area contributed by atoms with Crippen LogP contribution in [0.3, 0.4) is 0 Å². The third-order valence-electron chi connectivity index (χ3n) is 5.25. The van der Waals surface area contributed by atoms with E-state index >= 15 is 0 Å². The molecule has 2 nitrogen and oxygen atoms in total. The first-order valence-corrected chi connectivity index (χ1v) is 8.03. The van der Waals surface area contributed by atoms with Gasteiger partial charge in [-0.25, -0.2) is 0 Å². The summed E-state index contributed by atoms with van der Waals surface area (Å²) in [6.45, 7) is 0.979. The highest BCUT2D eigenvalue weighted by Gasteiger charge is 2.56. The van der Waals surface area contributed by atoms with Crippen LogP contribution in [0.2, 0.25) is 0 Å². The first kappa shape index (κ1) is 11.4. The van der Waals surface area contributed by atoms with Crippen molar-refractivity contribution in [1.29, 1.82) is 0 Å². The predicted molar refractivity (Wildman–Crippen MR) is 73.5 cm³/mol. The lowest BCUT2D eigenvalue weighted by Gasteiger charge is -2.60. The van der Waals surface area contributed by atoms with E-state index < -0.39 is 0 Å². The van der Waals surface area contributed by atoms with Crippen LogP contribution in [-0.4, -0.2) is 16.2 Å². The first-order valence-electron chi connectivity index (χ1n) is 7.15. The molecule has 0 amide bonds. The minimum absolute atomic E-state index is 0.239. The van der Waals surface area contributed by atoms with Gasteiger partial charge in [-0.3, -0.25) is 0 Å². The quantitative estimate of drug-likeness (QED) is 0.879. The summed E-state index contributed by atoms with van der Waals surface area (Å²) in [6.07, 6.45) is 7.05. The standard InChI is InChI=1S/C15H21NOS/c17-15-7-11-4-12(8-15)6-14(5-11,10-15)16-9-13-2-1-3-18-13/h1-3,11-12,16-17H,4-10H2/t11-,12+,14?,15?. The number of hydrogen-bond donors (Lipinski definition) is 2. The topological polar surface area (TPSA) is 32.3 Å². The van der Waals surface area contributed by atoms with E-state index in [1.54, 1.807) is 0 Å². The molecule has 0 radical (unpaired) electrons. The molecular formula is C15H21NOS. The van der Waals surface area contributed by atoms with Gasteiger partial charge in [0.25, 0.3) is 0 Å². The summed E-state index contributed by atoms with van der Waals surface area (Å²) in [7, 11) is 0. The lowest BCUT2D eigenvalue weighted by molar-refractivity contribution is -0.142. The van der Waals surface area contributed by atoms with Crippen LogP contribution < -0.4 is 5.32 Å². The molecule has 1 aromatic heterocycles. The average molecular weight is 263 g/mol. The van der Waals surface area contributed by atoms with E-state index in [1.165, 1.54) is 24.1 Å². The third kappa shape index (κ3) is 1.84. The molecule has 4 bridgehead atoms. The van der Waals surface area contributed by atoms with Crippen LogP contribution in [0.25, 0.3) is 0 Å². The van der Waals surface area contributed by atoms with E-state index in [4.69, 9.17) is 0 Å². The summed E-state index contributed by atoms with van der Waals surface area (Å²) in [5.74, 6) is 1.54. The summed E-state index contributed by atoms with van der Waals surface area (Å²) in [5, 5.41) is 16.6. The maximum atomic E-state index is 10.7. The van der Waals surface area contributed by atoms with Crippen LogP contribution in [0.4, 0.5) is 0 Å². The van der Waals surface area contributed by atoms with E-state index in [1.807, 2.05) is 11.3 Å². The number of hydrogen-bond acceptors (Lipinski definition) is 3. The van der Waals surface area contributed by atoms with E-state index in [0.717, 1.165) is 37.6 Å². The van der Waals surface area contributed by atoms with Crippen molar-refractivity contribution in [2.24, 2.45) is 11.8 Å². The molecule has 4 fully saturated rings. The van der Waals surface area contributed by atoms with Gasteiger partial charge in [-0.15, -0.1) is 11.3 Å². The zero-order valence-corrected chi connectivity index (χ0v) is 11.5. The van der Waals surface area contributed by atoms with Crippen molar-refractivity contribution in [3.63, 3.8) is 0 Å². The summed E-state index contributed by atoms with van der Waals surface area (Å²) in [5.41, 5.74) is -0.102. The molecule has 2 unspecified atom stereocenters. The normalized spacial score (nSPS) is 45.6. The molecule has 5 rings (SSSR count). The van der Waals surface area contributed by atoms with Crippen molar-refractivity contribution >= 4 is 11.3 Å². The van der Waals surface area contributed by atoms with Crippen molar-refractivity contribution in [3.05, 3.63) is 22.4 Å². The highest BCUT2D eigenvalue weighted by molar-refractivity contribution is 7.09. The number of nitrogens with one attached hydrogen (secondary N) is 1. The molecule has 98 valence electrons. The lowest BCUT2D eigenvalue weighted by atomic mass is 9.51.